The third-order valence-corrected chi connectivity index (χ3v) is 3.53. The van der Waals surface area contributed by atoms with Crippen molar-refractivity contribution in [2.24, 2.45) is 0 Å². The van der Waals surface area contributed by atoms with Crippen molar-refractivity contribution in [2.75, 3.05) is 14.2 Å². The Morgan fingerprint density at radius 1 is 1.21 bits per heavy atom. The summed E-state index contributed by atoms with van der Waals surface area (Å²) in [5.74, 6) is 1.61. The van der Waals surface area contributed by atoms with Gasteiger partial charge in [0.15, 0.2) is 11.5 Å². The first-order valence-electron chi connectivity index (χ1n) is 6.35. The first kappa shape index (κ1) is 15.8. The second kappa shape index (κ2) is 6.80. The number of aldehydes is 1. The van der Waals surface area contributed by atoms with Gasteiger partial charge in [-0.05, 0) is 17.4 Å². The van der Waals surface area contributed by atoms with Crippen LogP contribution < -0.4 is 9.47 Å². The van der Waals surface area contributed by atoms with Gasteiger partial charge in [0, 0.05) is 23.1 Å². The van der Waals surface area contributed by atoms with E-state index in [-0.39, 0.29) is 11.8 Å². The van der Waals surface area contributed by atoms with Crippen molar-refractivity contribution in [3.8, 4) is 11.5 Å². The van der Waals surface area contributed by atoms with Crippen LogP contribution >= 0.6 is 11.6 Å². The van der Waals surface area contributed by atoms with Gasteiger partial charge >= 0.3 is 0 Å². The average molecular weight is 285 g/mol. The molecule has 1 aromatic rings. The summed E-state index contributed by atoms with van der Waals surface area (Å²) >= 11 is 6.37. The molecular weight excluding hydrogens is 264 g/mol. The Bertz CT molecular complexity index is 455. The topological polar surface area (TPSA) is 35.5 Å². The first-order valence-corrected chi connectivity index (χ1v) is 6.73. The molecule has 0 aliphatic rings. The number of rotatable bonds is 6. The Balaban J connectivity index is 3.56. The quantitative estimate of drug-likeness (QED) is 0.735. The van der Waals surface area contributed by atoms with Crippen molar-refractivity contribution in [3.63, 3.8) is 0 Å². The molecule has 0 bridgehead atoms. The van der Waals surface area contributed by atoms with E-state index in [0.717, 1.165) is 17.4 Å². The molecule has 0 N–H and O–H groups in total. The van der Waals surface area contributed by atoms with Gasteiger partial charge in [-0.3, -0.25) is 0 Å². The van der Waals surface area contributed by atoms with E-state index in [1.54, 1.807) is 20.3 Å². The number of hydrogen-bond acceptors (Lipinski definition) is 3. The number of carbonyl (C=O) groups excluding carboxylic acids is 1. The predicted molar refractivity (Wildman–Crippen MR) is 77.7 cm³/mol. The second-order valence-electron chi connectivity index (χ2n) is 4.88. The summed E-state index contributed by atoms with van der Waals surface area (Å²) in [7, 11) is 3.21. The summed E-state index contributed by atoms with van der Waals surface area (Å²) < 4.78 is 10.8. The van der Waals surface area contributed by atoms with Gasteiger partial charge in [-0.15, -0.1) is 0 Å². The Morgan fingerprint density at radius 2 is 1.84 bits per heavy atom. The van der Waals surface area contributed by atoms with Crippen LogP contribution in [0.1, 0.15) is 50.2 Å². The highest BCUT2D eigenvalue weighted by Gasteiger charge is 2.24. The van der Waals surface area contributed by atoms with E-state index in [1.165, 1.54) is 0 Å². The third kappa shape index (κ3) is 3.21. The maximum atomic E-state index is 10.8. The molecule has 1 aromatic carbocycles. The van der Waals surface area contributed by atoms with E-state index in [0.29, 0.717) is 22.9 Å². The van der Waals surface area contributed by atoms with Crippen LogP contribution in [0.2, 0.25) is 5.02 Å². The monoisotopic (exact) mass is 284 g/mol. The molecule has 0 amide bonds. The summed E-state index contributed by atoms with van der Waals surface area (Å²) in [6.07, 6.45) is 1.36. The third-order valence-electron chi connectivity index (χ3n) is 3.22. The summed E-state index contributed by atoms with van der Waals surface area (Å²) in [6, 6.07) is 1.75. The van der Waals surface area contributed by atoms with Crippen LogP contribution in [-0.4, -0.2) is 20.5 Å². The molecule has 0 saturated heterocycles. The average Bonchev–Trinajstić information content (AvgIpc) is 2.37. The zero-order chi connectivity index (χ0) is 14.6. The maximum Gasteiger partial charge on any atom is 0.164 e. The van der Waals surface area contributed by atoms with Crippen molar-refractivity contribution < 1.29 is 14.3 Å². The van der Waals surface area contributed by atoms with Crippen LogP contribution in [0, 0.1) is 0 Å². The van der Waals surface area contributed by atoms with Gasteiger partial charge in [0.25, 0.3) is 0 Å². The summed E-state index contributed by atoms with van der Waals surface area (Å²) in [5.41, 5.74) is 1.99. The molecule has 1 rings (SSSR count). The lowest BCUT2D eigenvalue weighted by atomic mass is 9.87. The van der Waals surface area contributed by atoms with Gasteiger partial charge in [-0.25, -0.2) is 0 Å². The van der Waals surface area contributed by atoms with Crippen molar-refractivity contribution in [3.05, 3.63) is 22.2 Å². The Kier molecular flexibility index (Phi) is 5.67. The SMILES string of the molecule is COc1cc(Cl)c(C(C)CC=O)c(C(C)C)c1OC. The molecule has 1 unspecified atom stereocenters. The lowest BCUT2D eigenvalue weighted by Gasteiger charge is -2.23. The number of methoxy groups -OCH3 is 2. The molecule has 0 saturated carbocycles. The first-order chi connectivity index (χ1) is 8.97. The number of ether oxygens (including phenoxy) is 2. The second-order valence-corrected chi connectivity index (χ2v) is 5.29. The van der Waals surface area contributed by atoms with E-state index < -0.39 is 0 Å². The lowest BCUT2D eigenvalue weighted by molar-refractivity contribution is -0.108. The highest BCUT2D eigenvalue weighted by Crippen LogP contribution is 2.45. The van der Waals surface area contributed by atoms with Gasteiger partial charge in [0.1, 0.15) is 6.29 Å². The fraction of sp³-hybridized carbons (Fsp3) is 0.533. The van der Waals surface area contributed by atoms with E-state index in [4.69, 9.17) is 21.1 Å². The molecule has 19 heavy (non-hydrogen) atoms. The molecule has 4 heteroatoms. The van der Waals surface area contributed by atoms with Gasteiger partial charge in [-0.2, -0.15) is 0 Å². The summed E-state index contributed by atoms with van der Waals surface area (Å²) in [4.78, 5) is 10.8. The van der Waals surface area contributed by atoms with Crippen LogP contribution in [0.5, 0.6) is 11.5 Å². The largest absolute Gasteiger partial charge is 0.493 e. The van der Waals surface area contributed by atoms with Crippen molar-refractivity contribution in [2.45, 2.75) is 39.0 Å². The summed E-state index contributed by atoms with van der Waals surface area (Å²) in [6.45, 7) is 6.14. The molecular formula is C15H21ClO3. The van der Waals surface area contributed by atoms with E-state index in [2.05, 4.69) is 13.8 Å². The van der Waals surface area contributed by atoms with Gasteiger partial charge in [0.2, 0.25) is 0 Å². The minimum atomic E-state index is 0.0576. The minimum absolute atomic E-state index is 0.0576. The number of halogens is 1. The molecule has 0 heterocycles. The molecule has 0 radical (unpaired) electrons. The fourth-order valence-electron chi connectivity index (χ4n) is 2.34. The normalized spacial score (nSPS) is 12.4. The Morgan fingerprint density at radius 3 is 2.26 bits per heavy atom. The van der Waals surface area contributed by atoms with E-state index >= 15 is 0 Å². The molecule has 3 nitrogen and oxygen atoms in total. The molecule has 0 aliphatic carbocycles. The molecule has 106 valence electrons. The zero-order valence-corrected chi connectivity index (χ0v) is 12.9. The highest BCUT2D eigenvalue weighted by atomic mass is 35.5. The lowest BCUT2D eigenvalue weighted by Crippen LogP contribution is -2.07. The number of hydrogen-bond donors (Lipinski definition) is 0. The highest BCUT2D eigenvalue weighted by molar-refractivity contribution is 6.31. The summed E-state index contributed by atoms with van der Waals surface area (Å²) in [5, 5.41) is 0.621. The van der Waals surface area contributed by atoms with Gasteiger partial charge < -0.3 is 14.3 Å². The standard InChI is InChI=1S/C15H21ClO3/c1-9(2)13-14(10(3)6-7-17)11(16)8-12(18-4)15(13)19-5/h7-10H,6H2,1-5H3. The van der Waals surface area contributed by atoms with Gasteiger partial charge in [0.05, 0.1) is 14.2 Å². The molecule has 1 atom stereocenters. The van der Waals surface area contributed by atoms with Crippen molar-refractivity contribution in [1.82, 2.24) is 0 Å². The van der Waals surface area contributed by atoms with Crippen LogP contribution in [-0.2, 0) is 4.79 Å². The van der Waals surface area contributed by atoms with Crippen molar-refractivity contribution >= 4 is 17.9 Å². The van der Waals surface area contributed by atoms with Crippen LogP contribution in [0.25, 0.3) is 0 Å². The van der Waals surface area contributed by atoms with Crippen LogP contribution in [0.4, 0.5) is 0 Å². The molecule has 0 spiro atoms. The Labute approximate surface area is 119 Å². The molecule has 0 aromatic heterocycles. The molecule has 0 fully saturated rings. The molecule has 0 aliphatic heterocycles. The van der Waals surface area contributed by atoms with E-state index in [1.807, 2.05) is 6.92 Å². The minimum Gasteiger partial charge on any atom is -0.493 e. The zero-order valence-electron chi connectivity index (χ0n) is 12.1. The van der Waals surface area contributed by atoms with Gasteiger partial charge in [-0.1, -0.05) is 32.4 Å². The number of carbonyl (C=O) groups is 1. The fourth-order valence-corrected chi connectivity index (χ4v) is 2.73. The van der Waals surface area contributed by atoms with Crippen LogP contribution in [0.3, 0.4) is 0 Å². The van der Waals surface area contributed by atoms with Crippen molar-refractivity contribution in [1.29, 1.82) is 0 Å². The number of benzene rings is 1. The maximum absolute atomic E-state index is 10.8. The Hall–Kier alpha value is -1.22. The predicted octanol–water partition coefficient (Wildman–Crippen LogP) is 4.17. The smallest absolute Gasteiger partial charge is 0.164 e. The van der Waals surface area contributed by atoms with E-state index in [9.17, 15) is 4.79 Å². The van der Waals surface area contributed by atoms with Crippen LogP contribution in [0.15, 0.2) is 6.07 Å².